The van der Waals surface area contributed by atoms with Crippen molar-refractivity contribution in [2.45, 2.75) is 52.2 Å². The van der Waals surface area contributed by atoms with Gasteiger partial charge >= 0.3 is 5.97 Å². The number of piperidine rings is 1. The summed E-state index contributed by atoms with van der Waals surface area (Å²) in [5.41, 5.74) is 3.58. The molecule has 0 radical (unpaired) electrons. The summed E-state index contributed by atoms with van der Waals surface area (Å²) in [4.78, 5) is 15.6. The van der Waals surface area contributed by atoms with E-state index in [1.807, 2.05) is 31.2 Å². The predicted molar refractivity (Wildman–Crippen MR) is 127 cm³/mol. The Balaban J connectivity index is 1.92. The largest absolute Gasteiger partial charge is 0.507 e. The van der Waals surface area contributed by atoms with Crippen LogP contribution in [0, 0.1) is 0 Å². The second kappa shape index (κ2) is 9.45. The highest BCUT2D eigenvalue weighted by Gasteiger charge is 2.28. The molecule has 2 aromatic carbocycles. The Morgan fingerprint density at radius 2 is 1.97 bits per heavy atom. The van der Waals surface area contributed by atoms with Crippen LogP contribution in [-0.2, 0) is 17.8 Å². The second-order valence-corrected chi connectivity index (χ2v) is 9.10. The molecule has 4 rings (SSSR count). The Morgan fingerprint density at radius 1 is 1.19 bits per heavy atom. The number of phenolic OH excluding ortho intramolecular Hbond substituents is 1. The van der Waals surface area contributed by atoms with Crippen LogP contribution in [0.4, 0.5) is 0 Å². The first-order valence-electron chi connectivity index (χ1n) is 11.0. The summed E-state index contributed by atoms with van der Waals surface area (Å²) in [6, 6.07) is 14.3. The number of esters is 1. The molecule has 0 saturated carbocycles. The monoisotopic (exact) mass is 484 g/mol. The third kappa shape index (κ3) is 4.51. The van der Waals surface area contributed by atoms with E-state index in [1.54, 1.807) is 6.07 Å². The van der Waals surface area contributed by atoms with Crippen LogP contribution in [0.3, 0.4) is 0 Å². The normalized spacial score (nSPS) is 17.2. The molecule has 164 valence electrons. The minimum atomic E-state index is -0.333. The van der Waals surface area contributed by atoms with Gasteiger partial charge in [-0.05, 0) is 66.9 Å². The molecular weight excluding hydrogens is 456 g/mol. The molecule has 0 spiro atoms. The molecule has 1 N–H and O–H groups in total. The Kier molecular flexibility index (Phi) is 6.68. The van der Waals surface area contributed by atoms with Crippen LogP contribution in [-0.4, -0.2) is 39.7 Å². The molecule has 6 heteroatoms. The van der Waals surface area contributed by atoms with Crippen LogP contribution in [0.2, 0.25) is 0 Å². The van der Waals surface area contributed by atoms with Crippen LogP contribution < -0.4 is 0 Å². The van der Waals surface area contributed by atoms with Crippen LogP contribution in [0.1, 0.15) is 54.7 Å². The van der Waals surface area contributed by atoms with E-state index in [-0.39, 0.29) is 11.7 Å². The summed E-state index contributed by atoms with van der Waals surface area (Å²) in [7, 11) is 0. The number of phenols is 1. The van der Waals surface area contributed by atoms with E-state index in [0.717, 1.165) is 28.7 Å². The Bertz CT molecular complexity index is 1080. The zero-order valence-corrected chi connectivity index (χ0v) is 19.7. The molecule has 1 fully saturated rings. The fourth-order valence-corrected chi connectivity index (χ4v) is 4.87. The van der Waals surface area contributed by atoms with E-state index >= 15 is 0 Å². The van der Waals surface area contributed by atoms with Gasteiger partial charge in [0.25, 0.3) is 0 Å². The van der Waals surface area contributed by atoms with E-state index in [1.165, 1.54) is 19.3 Å². The molecule has 1 aliphatic rings. The van der Waals surface area contributed by atoms with Crippen LogP contribution in [0.5, 0.6) is 5.75 Å². The number of nitrogens with zero attached hydrogens (tertiary/aromatic N) is 2. The van der Waals surface area contributed by atoms with Gasteiger partial charge in [0.2, 0.25) is 0 Å². The number of carbonyl (C=O) groups excluding carboxylic acids is 1. The molecule has 31 heavy (non-hydrogen) atoms. The number of fused-ring (bicyclic) bond motifs is 1. The lowest BCUT2D eigenvalue weighted by atomic mass is 10.0. The van der Waals surface area contributed by atoms with Gasteiger partial charge in [-0.2, -0.15) is 0 Å². The smallest absolute Gasteiger partial charge is 0.340 e. The number of rotatable bonds is 6. The fourth-order valence-electron chi connectivity index (χ4n) is 4.54. The van der Waals surface area contributed by atoms with Crippen molar-refractivity contribution >= 4 is 32.8 Å². The first kappa shape index (κ1) is 21.9. The first-order valence-corrected chi connectivity index (χ1v) is 11.8. The lowest BCUT2D eigenvalue weighted by Crippen LogP contribution is -2.37. The Labute approximate surface area is 191 Å². The Hall–Kier alpha value is -2.31. The zero-order chi connectivity index (χ0) is 22.0. The molecule has 0 amide bonds. The molecule has 5 nitrogen and oxygen atoms in total. The maximum Gasteiger partial charge on any atom is 0.340 e. The van der Waals surface area contributed by atoms with Crippen molar-refractivity contribution < 1.29 is 14.6 Å². The van der Waals surface area contributed by atoms with Gasteiger partial charge in [0.1, 0.15) is 5.75 Å². The maximum atomic E-state index is 13.1. The van der Waals surface area contributed by atoms with Gasteiger partial charge in [-0.1, -0.05) is 36.8 Å². The molecule has 0 bridgehead atoms. The van der Waals surface area contributed by atoms with Crippen molar-refractivity contribution in [1.29, 1.82) is 0 Å². The van der Waals surface area contributed by atoms with Crippen LogP contribution >= 0.6 is 15.9 Å². The van der Waals surface area contributed by atoms with Gasteiger partial charge in [0.15, 0.2) is 0 Å². The maximum absolute atomic E-state index is 13.1. The summed E-state index contributed by atoms with van der Waals surface area (Å²) in [5, 5.41) is 11.1. The molecule has 1 aliphatic heterocycles. The fraction of sp³-hybridized carbons (Fsp3) is 0.400. The second-order valence-electron chi connectivity index (χ2n) is 8.25. The summed E-state index contributed by atoms with van der Waals surface area (Å²) < 4.78 is 8.28. The molecule has 0 unspecified atom stereocenters. The molecule has 0 aliphatic carbocycles. The van der Waals surface area contributed by atoms with Gasteiger partial charge in [-0.15, -0.1) is 0 Å². The SMILES string of the molecule is CCOC(=O)c1c(CN2CCCC[C@@H]2C)n(Cc2ccccc2)c2cc(Br)c(O)cc12. The van der Waals surface area contributed by atoms with Crippen LogP contribution in [0.15, 0.2) is 46.9 Å². The standard InChI is InChI=1S/C25H29BrN2O3/c1-3-31-25(30)24-19-13-23(29)20(26)14-21(19)28(15-18-10-5-4-6-11-18)22(24)16-27-12-8-7-9-17(27)2/h4-6,10-11,13-14,17,29H,3,7-9,12,15-16H2,1-2H3/t17-/m0/s1. The van der Waals surface area contributed by atoms with E-state index in [2.05, 4.69) is 44.5 Å². The lowest BCUT2D eigenvalue weighted by molar-refractivity contribution is 0.0524. The van der Waals surface area contributed by atoms with Crippen molar-refractivity contribution in [3.05, 3.63) is 63.8 Å². The summed E-state index contributed by atoms with van der Waals surface area (Å²) in [5.74, 6) is -0.214. The molecule has 1 atom stereocenters. The minimum absolute atomic E-state index is 0.118. The van der Waals surface area contributed by atoms with E-state index in [4.69, 9.17) is 4.74 Å². The van der Waals surface area contributed by atoms with E-state index in [0.29, 0.717) is 35.8 Å². The van der Waals surface area contributed by atoms with Gasteiger partial charge in [0, 0.05) is 30.2 Å². The molecule has 3 aromatic rings. The third-order valence-corrected chi connectivity index (χ3v) is 6.83. The molecular formula is C25H29BrN2O3. The average molecular weight is 485 g/mol. The number of halogens is 1. The van der Waals surface area contributed by atoms with Crippen molar-refractivity contribution in [3.63, 3.8) is 0 Å². The van der Waals surface area contributed by atoms with Gasteiger partial charge < -0.3 is 14.4 Å². The van der Waals surface area contributed by atoms with Crippen LogP contribution in [0.25, 0.3) is 10.9 Å². The highest BCUT2D eigenvalue weighted by Crippen LogP contribution is 2.36. The predicted octanol–water partition coefficient (Wildman–Crippen LogP) is 5.71. The number of benzene rings is 2. The van der Waals surface area contributed by atoms with Gasteiger partial charge in [-0.25, -0.2) is 4.79 Å². The van der Waals surface area contributed by atoms with Crippen molar-refractivity contribution in [2.75, 3.05) is 13.2 Å². The summed E-state index contributed by atoms with van der Waals surface area (Å²) in [6.45, 7) is 6.73. The van der Waals surface area contributed by atoms with E-state index in [9.17, 15) is 9.90 Å². The topological polar surface area (TPSA) is 54.7 Å². The number of hydrogen-bond donors (Lipinski definition) is 1. The number of aromatic hydroxyl groups is 1. The zero-order valence-electron chi connectivity index (χ0n) is 18.1. The number of ether oxygens (including phenoxy) is 1. The van der Waals surface area contributed by atoms with Gasteiger partial charge in [-0.3, -0.25) is 4.90 Å². The van der Waals surface area contributed by atoms with E-state index < -0.39 is 0 Å². The highest BCUT2D eigenvalue weighted by molar-refractivity contribution is 9.10. The lowest BCUT2D eigenvalue weighted by Gasteiger charge is -2.33. The third-order valence-electron chi connectivity index (χ3n) is 6.20. The number of carbonyl (C=O) groups is 1. The van der Waals surface area contributed by atoms with Crippen molar-refractivity contribution in [2.24, 2.45) is 0 Å². The summed E-state index contributed by atoms with van der Waals surface area (Å²) >= 11 is 3.46. The number of hydrogen-bond acceptors (Lipinski definition) is 4. The average Bonchev–Trinajstić information content (AvgIpc) is 3.03. The van der Waals surface area contributed by atoms with Gasteiger partial charge in [0.05, 0.1) is 22.2 Å². The summed E-state index contributed by atoms with van der Waals surface area (Å²) in [6.07, 6.45) is 3.58. The highest BCUT2D eigenvalue weighted by atomic mass is 79.9. The first-order chi connectivity index (χ1) is 15.0. The minimum Gasteiger partial charge on any atom is -0.507 e. The number of likely N-dealkylation sites (tertiary alicyclic amines) is 1. The molecule has 1 aromatic heterocycles. The quantitative estimate of drug-likeness (QED) is 0.455. The number of aromatic nitrogens is 1. The molecule has 2 heterocycles. The molecule has 1 saturated heterocycles. The van der Waals surface area contributed by atoms with Crippen molar-refractivity contribution in [3.8, 4) is 5.75 Å². The van der Waals surface area contributed by atoms with Crippen molar-refractivity contribution in [1.82, 2.24) is 9.47 Å². The Morgan fingerprint density at radius 3 is 2.68 bits per heavy atom.